The summed E-state index contributed by atoms with van der Waals surface area (Å²) in [5, 5.41) is 0. The summed E-state index contributed by atoms with van der Waals surface area (Å²) in [5.41, 5.74) is 6.89. The smallest absolute Gasteiger partial charge is 0.223 e. The maximum Gasteiger partial charge on any atom is 0.223 e. The van der Waals surface area contributed by atoms with Gasteiger partial charge in [0, 0.05) is 26.1 Å². The minimum absolute atomic E-state index is 0. The molecule has 0 unspecified atom stereocenters. The van der Waals surface area contributed by atoms with Crippen molar-refractivity contribution < 1.29 is 4.79 Å². The quantitative estimate of drug-likeness (QED) is 0.878. The molecule has 0 heterocycles. The summed E-state index contributed by atoms with van der Waals surface area (Å²) in [5.74, 6) is 0.203. The molecular weight excluding hydrogens is 272 g/mol. The molecule has 4 heteroatoms. The summed E-state index contributed by atoms with van der Waals surface area (Å²) >= 11 is 0. The van der Waals surface area contributed by atoms with Gasteiger partial charge in [0.15, 0.2) is 0 Å². The number of benzene rings is 1. The second-order valence-electron chi connectivity index (χ2n) is 6.14. The normalized spacial score (nSPS) is 10.8. The summed E-state index contributed by atoms with van der Waals surface area (Å²) in [6, 6.07) is 10.2. The highest BCUT2D eigenvalue weighted by Gasteiger charge is 2.20. The summed E-state index contributed by atoms with van der Waals surface area (Å²) in [7, 11) is 0. The zero-order valence-corrected chi connectivity index (χ0v) is 13.6. The Kier molecular flexibility index (Phi) is 8.51. The second-order valence-corrected chi connectivity index (χ2v) is 6.14. The third-order valence-corrected chi connectivity index (χ3v) is 2.95. The van der Waals surface area contributed by atoms with Crippen molar-refractivity contribution in [3.05, 3.63) is 35.9 Å². The largest absolute Gasteiger partial charge is 0.341 e. The molecule has 0 saturated carbocycles. The molecule has 1 aromatic carbocycles. The molecule has 0 aliphatic carbocycles. The van der Waals surface area contributed by atoms with Crippen LogP contribution in [0.15, 0.2) is 30.3 Å². The molecule has 3 nitrogen and oxygen atoms in total. The predicted molar refractivity (Wildman–Crippen MR) is 87.1 cm³/mol. The van der Waals surface area contributed by atoms with Crippen molar-refractivity contribution in [2.45, 2.75) is 33.6 Å². The van der Waals surface area contributed by atoms with Crippen LogP contribution in [0.2, 0.25) is 0 Å². The van der Waals surface area contributed by atoms with Crippen molar-refractivity contribution in [3.8, 4) is 0 Å². The number of carbonyl (C=O) groups is 1. The lowest BCUT2D eigenvalue weighted by Gasteiger charge is -2.26. The minimum Gasteiger partial charge on any atom is -0.341 e. The monoisotopic (exact) mass is 298 g/mol. The second kappa shape index (κ2) is 8.98. The van der Waals surface area contributed by atoms with E-state index >= 15 is 0 Å². The van der Waals surface area contributed by atoms with E-state index in [-0.39, 0.29) is 23.7 Å². The summed E-state index contributed by atoms with van der Waals surface area (Å²) in [6.45, 7) is 8.16. The van der Waals surface area contributed by atoms with Gasteiger partial charge in [-0.1, -0.05) is 51.1 Å². The van der Waals surface area contributed by atoms with Crippen molar-refractivity contribution in [1.82, 2.24) is 4.90 Å². The third-order valence-electron chi connectivity index (χ3n) is 2.95. The first-order valence-electron chi connectivity index (χ1n) is 6.94. The van der Waals surface area contributed by atoms with E-state index < -0.39 is 0 Å². The Morgan fingerprint density at radius 3 is 2.25 bits per heavy atom. The van der Waals surface area contributed by atoms with Crippen LogP contribution in [0.5, 0.6) is 0 Å². The molecule has 0 fully saturated rings. The predicted octanol–water partition coefficient (Wildman–Crippen LogP) is 2.87. The lowest BCUT2D eigenvalue weighted by atomic mass is 9.91. The molecule has 0 aliphatic heterocycles. The van der Waals surface area contributed by atoms with Crippen LogP contribution in [-0.2, 0) is 11.2 Å². The van der Waals surface area contributed by atoms with E-state index in [4.69, 9.17) is 5.73 Å². The topological polar surface area (TPSA) is 46.3 Å². The van der Waals surface area contributed by atoms with Crippen molar-refractivity contribution >= 4 is 18.3 Å². The Bertz CT molecular complexity index is 387. The number of rotatable bonds is 6. The van der Waals surface area contributed by atoms with Gasteiger partial charge >= 0.3 is 0 Å². The average molecular weight is 299 g/mol. The number of carbonyl (C=O) groups excluding carboxylic acids is 1. The van der Waals surface area contributed by atoms with E-state index in [1.54, 1.807) is 0 Å². The standard InChI is InChI=1S/C16H26N2O.ClH/c1-16(2,3)13-15(19)18(12-10-17)11-9-14-7-5-4-6-8-14;/h4-8H,9-13,17H2,1-3H3;1H. The van der Waals surface area contributed by atoms with Crippen molar-refractivity contribution in [3.63, 3.8) is 0 Å². The molecule has 114 valence electrons. The molecule has 1 rings (SSSR count). The molecule has 0 spiro atoms. The molecule has 1 amide bonds. The molecule has 0 aromatic heterocycles. The number of nitrogens with two attached hydrogens (primary N) is 1. The van der Waals surface area contributed by atoms with Crippen molar-refractivity contribution in [2.75, 3.05) is 19.6 Å². The number of hydrogen-bond donors (Lipinski definition) is 1. The fourth-order valence-corrected chi connectivity index (χ4v) is 1.99. The van der Waals surface area contributed by atoms with Crippen LogP contribution >= 0.6 is 12.4 Å². The zero-order valence-electron chi connectivity index (χ0n) is 12.8. The Morgan fingerprint density at radius 1 is 1.15 bits per heavy atom. The van der Waals surface area contributed by atoms with E-state index in [0.717, 1.165) is 13.0 Å². The highest BCUT2D eigenvalue weighted by Crippen LogP contribution is 2.19. The Labute approximate surface area is 128 Å². The van der Waals surface area contributed by atoms with Gasteiger partial charge < -0.3 is 10.6 Å². The first kappa shape index (κ1) is 18.9. The van der Waals surface area contributed by atoms with Crippen LogP contribution in [0.4, 0.5) is 0 Å². The van der Waals surface area contributed by atoms with Crippen molar-refractivity contribution in [2.24, 2.45) is 11.1 Å². The number of nitrogens with zero attached hydrogens (tertiary/aromatic N) is 1. The third kappa shape index (κ3) is 7.51. The maximum atomic E-state index is 12.2. The average Bonchev–Trinajstić information content (AvgIpc) is 2.33. The van der Waals surface area contributed by atoms with E-state index in [9.17, 15) is 4.79 Å². The van der Waals surface area contributed by atoms with Crippen LogP contribution in [0.3, 0.4) is 0 Å². The van der Waals surface area contributed by atoms with Crippen molar-refractivity contribution in [1.29, 1.82) is 0 Å². The first-order chi connectivity index (χ1) is 8.92. The number of halogens is 1. The van der Waals surface area contributed by atoms with Gasteiger partial charge in [-0.2, -0.15) is 0 Å². The lowest BCUT2D eigenvalue weighted by Crippen LogP contribution is -2.38. The molecule has 0 aliphatic rings. The summed E-state index contributed by atoms with van der Waals surface area (Å²) in [6.07, 6.45) is 1.46. The fraction of sp³-hybridized carbons (Fsp3) is 0.562. The molecule has 0 bridgehead atoms. The van der Waals surface area contributed by atoms with E-state index in [2.05, 4.69) is 32.9 Å². The molecule has 0 atom stereocenters. The van der Waals surface area contributed by atoms with E-state index in [1.807, 2.05) is 23.1 Å². The van der Waals surface area contributed by atoms with Crippen LogP contribution < -0.4 is 5.73 Å². The molecule has 0 saturated heterocycles. The highest BCUT2D eigenvalue weighted by molar-refractivity contribution is 5.85. The lowest BCUT2D eigenvalue weighted by molar-refractivity contribution is -0.133. The Morgan fingerprint density at radius 2 is 1.75 bits per heavy atom. The first-order valence-corrected chi connectivity index (χ1v) is 6.94. The highest BCUT2D eigenvalue weighted by atomic mass is 35.5. The molecule has 2 N–H and O–H groups in total. The SMILES string of the molecule is CC(C)(C)CC(=O)N(CCN)CCc1ccccc1.Cl. The number of hydrogen-bond acceptors (Lipinski definition) is 2. The van der Waals surface area contributed by atoms with Gasteiger partial charge in [-0.05, 0) is 17.4 Å². The molecule has 1 aromatic rings. The van der Waals surface area contributed by atoms with Gasteiger partial charge in [0.1, 0.15) is 0 Å². The van der Waals surface area contributed by atoms with E-state index in [0.29, 0.717) is 19.5 Å². The Hall–Kier alpha value is -1.06. The van der Waals surface area contributed by atoms with Crippen LogP contribution in [0, 0.1) is 5.41 Å². The molecule has 20 heavy (non-hydrogen) atoms. The fourth-order valence-electron chi connectivity index (χ4n) is 1.99. The molecule has 0 radical (unpaired) electrons. The van der Waals surface area contributed by atoms with Crippen LogP contribution in [-0.4, -0.2) is 30.4 Å². The maximum absolute atomic E-state index is 12.2. The van der Waals surface area contributed by atoms with Gasteiger partial charge in [-0.3, -0.25) is 4.79 Å². The number of amides is 1. The Balaban J connectivity index is 0.00000361. The van der Waals surface area contributed by atoms with Crippen LogP contribution in [0.1, 0.15) is 32.8 Å². The summed E-state index contributed by atoms with van der Waals surface area (Å²) in [4.78, 5) is 14.1. The van der Waals surface area contributed by atoms with Crippen LogP contribution in [0.25, 0.3) is 0 Å². The zero-order chi connectivity index (χ0) is 14.3. The van der Waals surface area contributed by atoms with Gasteiger partial charge in [0.05, 0.1) is 0 Å². The van der Waals surface area contributed by atoms with Gasteiger partial charge in [-0.25, -0.2) is 0 Å². The van der Waals surface area contributed by atoms with Gasteiger partial charge in [0.2, 0.25) is 5.91 Å². The van der Waals surface area contributed by atoms with Gasteiger partial charge in [-0.15, -0.1) is 12.4 Å². The van der Waals surface area contributed by atoms with Gasteiger partial charge in [0.25, 0.3) is 0 Å². The van der Waals surface area contributed by atoms with E-state index in [1.165, 1.54) is 5.56 Å². The minimum atomic E-state index is 0. The summed E-state index contributed by atoms with van der Waals surface area (Å²) < 4.78 is 0. The molecular formula is C16H27ClN2O.